The number of benzene rings is 1. The molecule has 0 bridgehead atoms. The van der Waals surface area contributed by atoms with Gasteiger partial charge in [0.1, 0.15) is 17.3 Å². The third-order valence-corrected chi connectivity index (χ3v) is 3.33. The molecule has 0 aliphatic rings. The van der Waals surface area contributed by atoms with Crippen LogP contribution in [0.4, 0.5) is 11.5 Å². The number of aromatic nitrogens is 2. The van der Waals surface area contributed by atoms with Crippen molar-refractivity contribution < 1.29 is 14.2 Å². The van der Waals surface area contributed by atoms with E-state index in [9.17, 15) is 0 Å². The van der Waals surface area contributed by atoms with Crippen molar-refractivity contribution in [2.45, 2.75) is 6.92 Å². The summed E-state index contributed by atoms with van der Waals surface area (Å²) in [5, 5.41) is 3.57. The van der Waals surface area contributed by atoms with E-state index in [1.165, 1.54) is 6.33 Å². The zero-order valence-electron chi connectivity index (χ0n) is 12.2. The number of nitrogens with zero attached hydrogens (tertiary/aromatic N) is 2. The van der Waals surface area contributed by atoms with Gasteiger partial charge in [0.25, 0.3) is 0 Å². The maximum absolute atomic E-state index is 5.98. The van der Waals surface area contributed by atoms with Crippen LogP contribution in [-0.4, -0.2) is 31.3 Å². The van der Waals surface area contributed by atoms with Crippen LogP contribution < -0.4 is 19.5 Å². The first-order chi connectivity index (χ1) is 10.1. The van der Waals surface area contributed by atoms with Crippen molar-refractivity contribution in [3.05, 3.63) is 29.2 Å². The standard InChI is InChI=1S/C14H16ClN3O3/c1-8-13(15)16-7-17-14(8)18-9-5-10(19-2)12(21-4)11(6-9)20-3/h5-7H,1-4H3,(H,16,17,18). The molecule has 0 unspecified atom stereocenters. The molecule has 6 nitrogen and oxygen atoms in total. The molecule has 0 aliphatic carbocycles. The molecule has 0 radical (unpaired) electrons. The van der Waals surface area contributed by atoms with Gasteiger partial charge in [-0.3, -0.25) is 0 Å². The van der Waals surface area contributed by atoms with Crippen LogP contribution in [0.2, 0.25) is 5.15 Å². The third kappa shape index (κ3) is 3.11. The number of anilines is 2. The summed E-state index contributed by atoms with van der Waals surface area (Å²) in [6.07, 6.45) is 1.40. The van der Waals surface area contributed by atoms with Crippen LogP contribution in [0.5, 0.6) is 17.2 Å². The van der Waals surface area contributed by atoms with Gasteiger partial charge in [-0.05, 0) is 6.92 Å². The van der Waals surface area contributed by atoms with Gasteiger partial charge in [-0.1, -0.05) is 11.6 Å². The second-order valence-electron chi connectivity index (χ2n) is 4.18. The number of rotatable bonds is 5. The fraction of sp³-hybridized carbons (Fsp3) is 0.286. The zero-order valence-corrected chi connectivity index (χ0v) is 13.0. The van der Waals surface area contributed by atoms with E-state index in [2.05, 4.69) is 15.3 Å². The number of hydrogen-bond donors (Lipinski definition) is 1. The molecule has 2 aromatic rings. The fourth-order valence-corrected chi connectivity index (χ4v) is 1.98. The van der Waals surface area contributed by atoms with E-state index in [1.807, 2.05) is 6.92 Å². The Morgan fingerprint density at radius 2 is 1.62 bits per heavy atom. The number of halogens is 1. The van der Waals surface area contributed by atoms with Crippen LogP contribution in [0.1, 0.15) is 5.56 Å². The molecule has 0 atom stereocenters. The molecule has 0 saturated carbocycles. The quantitative estimate of drug-likeness (QED) is 0.856. The number of ether oxygens (including phenoxy) is 3. The van der Waals surface area contributed by atoms with Gasteiger partial charge in [-0.15, -0.1) is 0 Å². The summed E-state index contributed by atoms with van der Waals surface area (Å²) >= 11 is 5.98. The predicted molar refractivity (Wildman–Crippen MR) is 81.2 cm³/mol. The van der Waals surface area contributed by atoms with Crippen LogP contribution in [0, 0.1) is 6.92 Å². The maximum Gasteiger partial charge on any atom is 0.203 e. The monoisotopic (exact) mass is 309 g/mol. The number of methoxy groups -OCH3 is 3. The van der Waals surface area contributed by atoms with Crippen molar-refractivity contribution in [2.24, 2.45) is 0 Å². The van der Waals surface area contributed by atoms with Gasteiger partial charge >= 0.3 is 0 Å². The predicted octanol–water partition coefficient (Wildman–Crippen LogP) is 3.21. The summed E-state index contributed by atoms with van der Waals surface area (Å²) in [4.78, 5) is 8.09. The van der Waals surface area contributed by atoms with Crippen LogP contribution in [0.25, 0.3) is 0 Å². The second kappa shape index (κ2) is 6.49. The molecule has 1 aromatic carbocycles. The first-order valence-electron chi connectivity index (χ1n) is 6.14. The molecule has 7 heteroatoms. The van der Waals surface area contributed by atoms with Gasteiger partial charge in [0.05, 0.1) is 21.3 Å². The summed E-state index contributed by atoms with van der Waals surface area (Å²) in [5.74, 6) is 2.25. The van der Waals surface area contributed by atoms with Crippen molar-refractivity contribution in [2.75, 3.05) is 26.6 Å². The van der Waals surface area contributed by atoms with Crippen molar-refractivity contribution in [3.63, 3.8) is 0 Å². The van der Waals surface area contributed by atoms with E-state index in [0.717, 1.165) is 11.3 Å². The van der Waals surface area contributed by atoms with E-state index in [0.29, 0.717) is 28.2 Å². The highest BCUT2D eigenvalue weighted by Crippen LogP contribution is 2.40. The van der Waals surface area contributed by atoms with Gasteiger partial charge in [0.15, 0.2) is 11.5 Å². The smallest absolute Gasteiger partial charge is 0.203 e. The first-order valence-corrected chi connectivity index (χ1v) is 6.52. The third-order valence-electron chi connectivity index (χ3n) is 2.95. The lowest BCUT2D eigenvalue weighted by atomic mass is 10.2. The van der Waals surface area contributed by atoms with Crippen molar-refractivity contribution >= 4 is 23.1 Å². The van der Waals surface area contributed by atoms with Gasteiger partial charge < -0.3 is 19.5 Å². The molecule has 21 heavy (non-hydrogen) atoms. The Bertz CT molecular complexity index is 624. The highest BCUT2D eigenvalue weighted by atomic mass is 35.5. The number of hydrogen-bond acceptors (Lipinski definition) is 6. The summed E-state index contributed by atoms with van der Waals surface area (Å²) in [5.41, 5.74) is 1.50. The van der Waals surface area contributed by atoms with E-state index >= 15 is 0 Å². The fourth-order valence-electron chi connectivity index (χ4n) is 1.84. The SMILES string of the molecule is COc1cc(Nc2ncnc(Cl)c2C)cc(OC)c1OC. The first kappa shape index (κ1) is 15.2. The zero-order chi connectivity index (χ0) is 15.4. The Hall–Kier alpha value is -2.21. The van der Waals surface area contributed by atoms with Crippen LogP contribution in [0.15, 0.2) is 18.5 Å². The van der Waals surface area contributed by atoms with Crippen LogP contribution in [0.3, 0.4) is 0 Å². The lowest BCUT2D eigenvalue weighted by Gasteiger charge is -2.15. The van der Waals surface area contributed by atoms with E-state index < -0.39 is 0 Å². The molecular weight excluding hydrogens is 294 g/mol. The summed E-state index contributed by atoms with van der Waals surface area (Å²) < 4.78 is 15.9. The minimum absolute atomic E-state index is 0.403. The molecule has 1 N–H and O–H groups in total. The Morgan fingerprint density at radius 1 is 1.00 bits per heavy atom. The normalized spacial score (nSPS) is 10.1. The van der Waals surface area contributed by atoms with Gasteiger partial charge in [-0.25, -0.2) is 9.97 Å². The average molecular weight is 310 g/mol. The topological polar surface area (TPSA) is 65.5 Å². The molecule has 0 saturated heterocycles. The molecule has 0 amide bonds. The van der Waals surface area contributed by atoms with Crippen LogP contribution in [-0.2, 0) is 0 Å². The molecule has 0 spiro atoms. The summed E-state index contributed by atoms with van der Waals surface area (Å²) in [6.45, 7) is 1.84. The molecule has 1 aromatic heterocycles. The second-order valence-corrected chi connectivity index (χ2v) is 4.54. The average Bonchev–Trinajstić information content (AvgIpc) is 2.50. The van der Waals surface area contributed by atoms with Gasteiger partial charge in [0, 0.05) is 23.4 Å². The summed E-state index contributed by atoms with van der Waals surface area (Å²) in [6, 6.07) is 3.58. The summed E-state index contributed by atoms with van der Waals surface area (Å²) in [7, 11) is 4.68. The van der Waals surface area contributed by atoms with Crippen LogP contribution >= 0.6 is 11.6 Å². The molecule has 0 fully saturated rings. The van der Waals surface area contributed by atoms with Gasteiger partial charge in [0.2, 0.25) is 5.75 Å². The Balaban J connectivity index is 2.43. The molecule has 2 rings (SSSR count). The van der Waals surface area contributed by atoms with E-state index in [1.54, 1.807) is 33.5 Å². The van der Waals surface area contributed by atoms with Crippen molar-refractivity contribution in [1.29, 1.82) is 0 Å². The Labute approximate surface area is 128 Å². The van der Waals surface area contributed by atoms with E-state index in [-0.39, 0.29) is 0 Å². The lowest BCUT2D eigenvalue weighted by Crippen LogP contribution is -2.01. The highest BCUT2D eigenvalue weighted by molar-refractivity contribution is 6.30. The Morgan fingerprint density at radius 3 is 2.14 bits per heavy atom. The molecule has 1 heterocycles. The van der Waals surface area contributed by atoms with Crippen molar-refractivity contribution in [3.8, 4) is 17.2 Å². The van der Waals surface area contributed by atoms with Gasteiger partial charge in [-0.2, -0.15) is 0 Å². The molecular formula is C14H16ClN3O3. The molecule has 0 aliphatic heterocycles. The lowest BCUT2D eigenvalue weighted by molar-refractivity contribution is 0.324. The Kier molecular flexibility index (Phi) is 4.70. The minimum atomic E-state index is 0.403. The van der Waals surface area contributed by atoms with E-state index in [4.69, 9.17) is 25.8 Å². The largest absolute Gasteiger partial charge is 0.493 e. The maximum atomic E-state index is 5.98. The highest BCUT2D eigenvalue weighted by Gasteiger charge is 2.14. The minimum Gasteiger partial charge on any atom is -0.493 e. The molecule has 112 valence electrons. The van der Waals surface area contributed by atoms with Crippen molar-refractivity contribution in [1.82, 2.24) is 9.97 Å². The number of nitrogens with one attached hydrogen (secondary N) is 1.